The summed E-state index contributed by atoms with van der Waals surface area (Å²) in [4.78, 5) is 18.2. The number of hydrogen-bond donors (Lipinski definition) is 3. The molecule has 2 aliphatic rings. The Balaban J connectivity index is 1.26. The van der Waals surface area contributed by atoms with Crippen LogP contribution in [0.1, 0.15) is 24.4 Å². The number of amidine groups is 1. The van der Waals surface area contributed by atoms with Crippen molar-refractivity contribution in [1.82, 2.24) is 14.5 Å². The van der Waals surface area contributed by atoms with Crippen LogP contribution in [0.5, 0.6) is 11.5 Å². The van der Waals surface area contributed by atoms with E-state index in [9.17, 15) is 4.79 Å². The maximum atomic E-state index is 12.8. The number of piperidine rings is 1. The summed E-state index contributed by atoms with van der Waals surface area (Å²) in [6, 6.07) is 23.6. The number of nitrogens with zero attached hydrogens (tertiary/aromatic N) is 4. The molecule has 1 aromatic heterocycles. The normalized spacial score (nSPS) is 17.3. The number of fused-ring (bicyclic) bond motifs is 2. The van der Waals surface area contributed by atoms with Gasteiger partial charge in [-0.05, 0) is 49.1 Å². The quantitative estimate of drug-likeness (QED) is 0.152. The molecule has 0 saturated carbocycles. The molecular weight excluding hydrogens is 494 g/mol. The van der Waals surface area contributed by atoms with E-state index < -0.39 is 0 Å². The summed E-state index contributed by atoms with van der Waals surface area (Å²) in [7, 11) is 0. The van der Waals surface area contributed by atoms with Gasteiger partial charge in [0.25, 0.3) is 0 Å². The average molecular weight is 528 g/mol. The molecule has 202 valence electrons. The smallest absolute Gasteiger partial charge is 0.326 e. The lowest BCUT2D eigenvalue weighted by molar-refractivity contribution is 0.163. The van der Waals surface area contributed by atoms with Gasteiger partial charge in [0, 0.05) is 25.2 Å². The van der Waals surface area contributed by atoms with Gasteiger partial charge < -0.3 is 20.3 Å². The van der Waals surface area contributed by atoms with Crippen LogP contribution in [-0.2, 0) is 6.42 Å². The molecule has 3 heterocycles. The largest absolute Gasteiger partial charge is 0.486 e. The Bertz CT molecular complexity index is 1520. The van der Waals surface area contributed by atoms with E-state index in [0.717, 1.165) is 42.5 Å². The number of para-hydroxylation sites is 2. The monoisotopic (exact) mass is 527 g/mol. The van der Waals surface area contributed by atoms with Gasteiger partial charge in [-0.25, -0.2) is 10.6 Å². The van der Waals surface area contributed by atoms with Gasteiger partial charge in [-0.3, -0.25) is 14.5 Å². The second-order valence-corrected chi connectivity index (χ2v) is 9.98. The molecule has 3 aromatic carbocycles. The van der Waals surface area contributed by atoms with Crippen LogP contribution in [0.3, 0.4) is 0 Å². The summed E-state index contributed by atoms with van der Waals surface area (Å²) in [5, 5.41) is 5.76. The van der Waals surface area contributed by atoms with Crippen LogP contribution in [0.4, 0.5) is 5.69 Å². The summed E-state index contributed by atoms with van der Waals surface area (Å²) in [5.41, 5.74) is 3.61. The van der Waals surface area contributed by atoms with E-state index in [1.807, 2.05) is 65.2 Å². The third kappa shape index (κ3) is 4.96. The Morgan fingerprint density at radius 2 is 1.72 bits per heavy atom. The van der Waals surface area contributed by atoms with E-state index in [2.05, 4.69) is 27.1 Å². The number of hydrogen-bond acceptors (Lipinski definition) is 7. The van der Waals surface area contributed by atoms with E-state index in [0.29, 0.717) is 42.7 Å². The van der Waals surface area contributed by atoms with Crippen molar-refractivity contribution in [2.45, 2.75) is 31.3 Å². The number of benzene rings is 3. The zero-order chi connectivity index (χ0) is 26.8. The maximum absolute atomic E-state index is 12.8. The first-order valence-electron chi connectivity index (χ1n) is 13.3. The van der Waals surface area contributed by atoms with Gasteiger partial charge in [-0.1, -0.05) is 42.5 Å². The molecule has 1 unspecified atom stereocenters. The highest BCUT2D eigenvalue weighted by molar-refractivity contribution is 6.00. The van der Waals surface area contributed by atoms with Crippen molar-refractivity contribution < 1.29 is 9.47 Å². The van der Waals surface area contributed by atoms with Crippen molar-refractivity contribution >= 4 is 22.6 Å². The van der Waals surface area contributed by atoms with Gasteiger partial charge in [0.1, 0.15) is 13.2 Å². The van der Waals surface area contributed by atoms with E-state index in [1.54, 1.807) is 5.01 Å². The van der Waals surface area contributed by atoms with Crippen molar-refractivity contribution in [2.75, 3.05) is 31.3 Å². The van der Waals surface area contributed by atoms with Crippen molar-refractivity contribution in [2.24, 2.45) is 16.8 Å². The summed E-state index contributed by atoms with van der Waals surface area (Å²) >= 11 is 0. The number of nitrogens with one attached hydrogen (secondary N) is 1. The van der Waals surface area contributed by atoms with E-state index in [4.69, 9.17) is 21.2 Å². The number of nitrogens with two attached hydrogens (primary N) is 2. The molecule has 4 aromatic rings. The fraction of sp³-hybridized carbons (Fsp3) is 0.310. The standard InChI is InChI=1S/C29H33N7O3/c30-33-28(36(31)22-10-11-26-27(19-22)39-17-16-38-26)25(18-20-6-2-1-3-7-20)34-14-12-21(13-15-34)35-24-9-5-4-8-23(24)32-29(35)37/h1-11,19,21,25H,12-18,30-31H2,(H,32,37)/b33-28-. The topological polar surface area (TPSA) is 127 Å². The van der Waals surface area contributed by atoms with Crippen LogP contribution in [0.2, 0.25) is 0 Å². The first kappa shape index (κ1) is 25.0. The first-order chi connectivity index (χ1) is 19.1. The molecule has 0 aliphatic carbocycles. The van der Waals surface area contributed by atoms with E-state index in [1.165, 1.54) is 0 Å². The third-order valence-electron chi connectivity index (χ3n) is 7.68. The lowest BCUT2D eigenvalue weighted by Gasteiger charge is -2.40. The number of anilines is 1. The van der Waals surface area contributed by atoms with Crippen LogP contribution >= 0.6 is 0 Å². The summed E-state index contributed by atoms with van der Waals surface area (Å²) in [5.74, 6) is 14.6. The Kier molecular flexibility index (Phi) is 6.95. The number of ether oxygens (including phenoxy) is 2. The number of H-pyrrole nitrogens is 1. The van der Waals surface area contributed by atoms with Crippen molar-refractivity contribution in [1.29, 1.82) is 0 Å². The number of imidazole rings is 1. The third-order valence-corrected chi connectivity index (χ3v) is 7.68. The summed E-state index contributed by atoms with van der Waals surface area (Å²) in [6.45, 7) is 2.54. The Hall–Kier alpha value is -4.28. The summed E-state index contributed by atoms with van der Waals surface area (Å²) < 4.78 is 13.3. The molecule has 0 radical (unpaired) electrons. The van der Waals surface area contributed by atoms with Crippen molar-refractivity contribution in [3.63, 3.8) is 0 Å². The minimum atomic E-state index is -0.170. The van der Waals surface area contributed by atoms with Gasteiger partial charge in [0.05, 0.1) is 22.8 Å². The number of aromatic nitrogens is 2. The Labute approximate surface area is 226 Å². The second-order valence-electron chi connectivity index (χ2n) is 9.98. The Morgan fingerprint density at radius 3 is 2.49 bits per heavy atom. The lowest BCUT2D eigenvalue weighted by atomic mass is 9.97. The molecule has 1 fully saturated rings. The minimum Gasteiger partial charge on any atom is -0.486 e. The predicted molar refractivity (Wildman–Crippen MR) is 152 cm³/mol. The molecule has 0 bridgehead atoms. The van der Waals surface area contributed by atoms with Gasteiger partial charge in [-0.15, -0.1) is 0 Å². The molecule has 1 atom stereocenters. The van der Waals surface area contributed by atoms with Gasteiger partial charge in [0.15, 0.2) is 17.3 Å². The average Bonchev–Trinajstić information content (AvgIpc) is 3.33. The molecule has 2 aliphatic heterocycles. The molecule has 0 spiro atoms. The zero-order valence-electron chi connectivity index (χ0n) is 21.7. The van der Waals surface area contributed by atoms with E-state index in [-0.39, 0.29) is 17.8 Å². The SMILES string of the molecule is N/N=C(/C(Cc1ccccc1)N1CCC(n2c(=O)[nH]c3ccccc32)CC1)N(N)c1ccc2c(c1)OCCO2. The van der Waals surface area contributed by atoms with Gasteiger partial charge >= 0.3 is 5.69 Å². The number of hydrazone groups is 1. The fourth-order valence-corrected chi connectivity index (χ4v) is 5.74. The van der Waals surface area contributed by atoms with Gasteiger partial charge in [-0.2, -0.15) is 5.10 Å². The highest BCUT2D eigenvalue weighted by Crippen LogP contribution is 2.34. The number of hydrazine groups is 1. The van der Waals surface area contributed by atoms with Crippen LogP contribution in [0.15, 0.2) is 82.7 Å². The highest BCUT2D eigenvalue weighted by atomic mass is 16.6. The number of likely N-dealkylation sites (tertiary alicyclic amines) is 1. The molecule has 10 nitrogen and oxygen atoms in total. The first-order valence-corrected chi connectivity index (χ1v) is 13.3. The predicted octanol–water partition coefficient (Wildman–Crippen LogP) is 3.00. The molecule has 5 N–H and O–H groups in total. The molecule has 0 amide bonds. The highest BCUT2D eigenvalue weighted by Gasteiger charge is 2.33. The summed E-state index contributed by atoms with van der Waals surface area (Å²) in [6.07, 6.45) is 2.33. The molecular formula is C29H33N7O3. The van der Waals surface area contributed by atoms with Crippen LogP contribution in [0.25, 0.3) is 11.0 Å². The van der Waals surface area contributed by atoms with Crippen LogP contribution < -0.4 is 31.9 Å². The number of aromatic amines is 1. The second kappa shape index (κ2) is 10.8. The number of rotatable bonds is 6. The fourth-order valence-electron chi connectivity index (χ4n) is 5.74. The molecule has 10 heteroatoms. The molecule has 6 rings (SSSR count). The van der Waals surface area contributed by atoms with Crippen LogP contribution in [-0.4, -0.2) is 52.6 Å². The lowest BCUT2D eigenvalue weighted by Crippen LogP contribution is -2.55. The van der Waals surface area contributed by atoms with Crippen molar-refractivity contribution in [3.8, 4) is 11.5 Å². The van der Waals surface area contributed by atoms with Gasteiger partial charge in [0.2, 0.25) is 0 Å². The minimum absolute atomic E-state index is 0.0635. The Morgan fingerprint density at radius 1 is 1.00 bits per heavy atom. The van der Waals surface area contributed by atoms with Crippen LogP contribution in [0, 0.1) is 0 Å². The zero-order valence-corrected chi connectivity index (χ0v) is 21.7. The molecule has 1 saturated heterocycles. The molecule has 39 heavy (non-hydrogen) atoms. The van der Waals surface area contributed by atoms with Crippen molar-refractivity contribution in [3.05, 3.63) is 88.8 Å². The maximum Gasteiger partial charge on any atom is 0.326 e. The van der Waals surface area contributed by atoms with E-state index >= 15 is 0 Å².